The minimum atomic E-state index is -0.349. The van der Waals surface area contributed by atoms with E-state index in [0.29, 0.717) is 11.3 Å². The average molecular weight is 303 g/mol. The first-order valence-corrected chi connectivity index (χ1v) is 7.09. The number of rotatable bonds is 4. The molecule has 4 nitrogen and oxygen atoms in total. The first-order chi connectivity index (χ1) is 11.1. The number of hydrogen-bond donors (Lipinski definition) is 0. The molecule has 0 aliphatic carbocycles. The Labute approximate surface area is 133 Å². The van der Waals surface area contributed by atoms with E-state index in [0.717, 1.165) is 10.5 Å². The van der Waals surface area contributed by atoms with Crippen LogP contribution in [-0.2, 0) is 9.59 Å². The summed E-state index contributed by atoms with van der Waals surface area (Å²) in [6, 6.07) is 15.9. The third kappa shape index (κ3) is 3.16. The quantitative estimate of drug-likeness (QED) is 0.495. The molecule has 0 aromatic heterocycles. The third-order valence-electron chi connectivity index (χ3n) is 3.45. The Bertz CT molecular complexity index is 799. The fourth-order valence-electron chi connectivity index (χ4n) is 2.26. The number of amides is 2. The Morgan fingerprint density at radius 3 is 2.04 bits per heavy atom. The molecule has 4 heteroatoms. The lowest BCUT2D eigenvalue weighted by Gasteiger charge is -2.13. The van der Waals surface area contributed by atoms with Crippen LogP contribution >= 0.6 is 0 Å². The van der Waals surface area contributed by atoms with Gasteiger partial charge in [-0.3, -0.25) is 14.4 Å². The van der Waals surface area contributed by atoms with Gasteiger partial charge in [0.05, 0.1) is 5.69 Å². The zero-order valence-corrected chi connectivity index (χ0v) is 12.2. The lowest BCUT2D eigenvalue weighted by Crippen LogP contribution is -2.29. The van der Waals surface area contributed by atoms with Gasteiger partial charge in [0.15, 0.2) is 5.78 Å². The van der Waals surface area contributed by atoms with Crippen LogP contribution in [0, 0.1) is 0 Å². The number of carbonyl (C=O) groups is 3. The first kappa shape index (κ1) is 14.7. The van der Waals surface area contributed by atoms with E-state index in [2.05, 4.69) is 0 Å². The van der Waals surface area contributed by atoms with Gasteiger partial charge in [-0.25, -0.2) is 4.90 Å². The van der Waals surface area contributed by atoms with Gasteiger partial charge in [-0.05, 0) is 23.8 Å². The number of hydrogen-bond acceptors (Lipinski definition) is 3. The van der Waals surface area contributed by atoms with Crippen molar-refractivity contribution in [2.75, 3.05) is 4.90 Å². The Kier molecular flexibility index (Phi) is 3.97. The van der Waals surface area contributed by atoms with Gasteiger partial charge >= 0.3 is 0 Å². The molecule has 0 radical (unpaired) electrons. The average Bonchev–Trinajstić information content (AvgIpc) is 2.93. The molecule has 2 amide bonds. The fraction of sp³-hybridized carbons (Fsp3) is 0. The third-order valence-corrected chi connectivity index (χ3v) is 3.45. The molecule has 0 atom stereocenters. The van der Waals surface area contributed by atoms with Crippen LogP contribution in [-0.4, -0.2) is 17.6 Å². The van der Waals surface area contributed by atoms with Gasteiger partial charge in [0.1, 0.15) is 0 Å². The van der Waals surface area contributed by atoms with E-state index in [1.807, 2.05) is 18.2 Å². The van der Waals surface area contributed by atoms with Crippen molar-refractivity contribution in [3.63, 3.8) is 0 Å². The maximum Gasteiger partial charge on any atom is 0.258 e. The second-order valence-corrected chi connectivity index (χ2v) is 5.00. The van der Waals surface area contributed by atoms with Crippen LogP contribution in [0.5, 0.6) is 0 Å². The van der Waals surface area contributed by atoms with Gasteiger partial charge < -0.3 is 0 Å². The standard InChI is InChI=1S/C19H13NO3/c21-17(15-4-2-1-3-5-15)11-8-14-6-9-16(10-7-14)20-18(22)12-13-19(20)23/h1-13H/b11-8+. The van der Waals surface area contributed by atoms with Crippen molar-refractivity contribution in [3.05, 3.63) is 84.0 Å². The van der Waals surface area contributed by atoms with Crippen LogP contribution in [0.25, 0.3) is 6.08 Å². The van der Waals surface area contributed by atoms with Crippen molar-refractivity contribution in [3.8, 4) is 0 Å². The van der Waals surface area contributed by atoms with Crippen LogP contribution < -0.4 is 4.90 Å². The molecule has 0 fully saturated rings. The molecule has 0 N–H and O–H groups in total. The van der Waals surface area contributed by atoms with Crippen LogP contribution in [0.2, 0.25) is 0 Å². The predicted octanol–water partition coefficient (Wildman–Crippen LogP) is 3.01. The van der Waals surface area contributed by atoms with E-state index in [4.69, 9.17) is 0 Å². The maximum absolute atomic E-state index is 12.0. The summed E-state index contributed by atoms with van der Waals surface area (Å²) in [7, 11) is 0. The molecule has 3 rings (SSSR count). The van der Waals surface area contributed by atoms with Crippen molar-refractivity contribution >= 4 is 29.4 Å². The zero-order chi connectivity index (χ0) is 16.2. The maximum atomic E-state index is 12.0. The molecule has 23 heavy (non-hydrogen) atoms. The highest BCUT2D eigenvalue weighted by Gasteiger charge is 2.24. The van der Waals surface area contributed by atoms with E-state index in [-0.39, 0.29) is 17.6 Å². The summed E-state index contributed by atoms with van der Waals surface area (Å²) in [6.45, 7) is 0. The molecule has 0 bridgehead atoms. The van der Waals surface area contributed by atoms with Gasteiger partial charge in [-0.15, -0.1) is 0 Å². The van der Waals surface area contributed by atoms with Gasteiger partial charge in [0, 0.05) is 17.7 Å². The molecule has 2 aromatic carbocycles. The summed E-state index contributed by atoms with van der Waals surface area (Å²) >= 11 is 0. The molecule has 0 spiro atoms. The van der Waals surface area contributed by atoms with Gasteiger partial charge in [-0.1, -0.05) is 48.5 Å². The monoisotopic (exact) mass is 303 g/mol. The first-order valence-electron chi connectivity index (χ1n) is 7.09. The topological polar surface area (TPSA) is 54.5 Å². The highest BCUT2D eigenvalue weighted by atomic mass is 16.2. The molecule has 2 aromatic rings. The van der Waals surface area contributed by atoms with E-state index < -0.39 is 0 Å². The van der Waals surface area contributed by atoms with Crippen molar-refractivity contribution in [1.29, 1.82) is 0 Å². The molecule has 0 saturated heterocycles. The highest BCUT2D eigenvalue weighted by Crippen LogP contribution is 2.20. The minimum Gasteiger partial charge on any atom is -0.289 e. The number of ketones is 1. The number of nitrogens with zero attached hydrogens (tertiary/aromatic N) is 1. The number of imide groups is 1. The molecular weight excluding hydrogens is 290 g/mol. The summed E-state index contributed by atoms with van der Waals surface area (Å²) < 4.78 is 0. The Morgan fingerprint density at radius 2 is 1.43 bits per heavy atom. The van der Waals surface area contributed by atoms with Gasteiger partial charge in [0.2, 0.25) is 0 Å². The molecular formula is C19H13NO3. The molecule has 1 heterocycles. The highest BCUT2D eigenvalue weighted by molar-refractivity contribution is 6.28. The zero-order valence-electron chi connectivity index (χ0n) is 12.2. The van der Waals surface area contributed by atoms with Crippen molar-refractivity contribution in [1.82, 2.24) is 0 Å². The summed E-state index contributed by atoms with van der Waals surface area (Å²) in [5.74, 6) is -0.779. The Hall–Kier alpha value is -3.27. The molecule has 112 valence electrons. The fourth-order valence-corrected chi connectivity index (χ4v) is 2.26. The molecule has 0 unspecified atom stereocenters. The minimum absolute atomic E-state index is 0.0798. The van der Waals surface area contributed by atoms with Gasteiger partial charge in [-0.2, -0.15) is 0 Å². The SMILES string of the molecule is O=C(/C=C/c1ccc(N2C(=O)C=CC2=O)cc1)c1ccccc1. The summed E-state index contributed by atoms with van der Waals surface area (Å²) in [5, 5.41) is 0. The van der Waals surface area contributed by atoms with Crippen LogP contribution in [0.15, 0.2) is 72.8 Å². The van der Waals surface area contributed by atoms with Crippen molar-refractivity contribution in [2.45, 2.75) is 0 Å². The van der Waals surface area contributed by atoms with E-state index in [1.54, 1.807) is 42.5 Å². The Morgan fingerprint density at radius 1 is 0.826 bits per heavy atom. The molecule has 0 saturated carbocycles. The summed E-state index contributed by atoms with van der Waals surface area (Å²) in [6.07, 6.45) is 5.69. The van der Waals surface area contributed by atoms with E-state index >= 15 is 0 Å². The van der Waals surface area contributed by atoms with Crippen molar-refractivity contribution in [2.24, 2.45) is 0 Å². The smallest absolute Gasteiger partial charge is 0.258 e. The lowest BCUT2D eigenvalue weighted by molar-refractivity contribution is -0.119. The molecule has 1 aliphatic heterocycles. The number of anilines is 1. The Balaban J connectivity index is 1.73. The largest absolute Gasteiger partial charge is 0.289 e. The second-order valence-electron chi connectivity index (χ2n) is 5.00. The van der Waals surface area contributed by atoms with Gasteiger partial charge in [0.25, 0.3) is 11.8 Å². The predicted molar refractivity (Wildman–Crippen MR) is 87.9 cm³/mol. The number of benzene rings is 2. The second kappa shape index (κ2) is 6.23. The number of carbonyl (C=O) groups excluding carboxylic acids is 3. The van der Waals surface area contributed by atoms with E-state index in [9.17, 15) is 14.4 Å². The summed E-state index contributed by atoms with van der Waals surface area (Å²) in [5.41, 5.74) is 1.95. The molecule has 1 aliphatic rings. The van der Waals surface area contributed by atoms with Crippen LogP contribution in [0.1, 0.15) is 15.9 Å². The van der Waals surface area contributed by atoms with Crippen molar-refractivity contribution < 1.29 is 14.4 Å². The van der Waals surface area contributed by atoms with Crippen LogP contribution in [0.3, 0.4) is 0 Å². The van der Waals surface area contributed by atoms with E-state index in [1.165, 1.54) is 18.2 Å². The number of allylic oxidation sites excluding steroid dienone is 1. The normalized spacial score (nSPS) is 14.0. The van der Waals surface area contributed by atoms with Crippen LogP contribution in [0.4, 0.5) is 5.69 Å². The summed E-state index contributed by atoms with van der Waals surface area (Å²) in [4.78, 5) is 36.3. The lowest BCUT2D eigenvalue weighted by atomic mass is 10.1.